The number of aliphatic hydroxyl groups is 1. The second-order valence-corrected chi connectivity index (χ2v) is 6.40. The van der Waals surface area contributed by atoms with Gasteiger partial charge in [0.25, 0.3) is 0 Å². The predicted octanol–water partition coefficient (Wildman–Crippen LogP) is 3.86. The summed E-state index contributed by atoms with van der Waals surface area (Å²) in [4.78, 5) is 9.21. The van der Waals surface area contributed by atoms with Crippen LogP contribution in [-0.2, 0) is 0 Å². The number of allylic oxidation sites excluding steroid dienone is 1. The summed E-state index contributed by atoms with van der Waals surface area (Å²) in [5, 5.41) is 20.6. The fourth-order valence-electron chi connectivity index (χ4n) is 2.61. The Morgan fingerprint density at radius 2 is 2.07 bits per heavy atom. The first-order valence-corrected chi connectivity index (χ1v) is 9.09. The summed E-state index contributed by atoms with van der Waals surface area (Å²) >= 11 is 0. The lowest BCUT2D eigenvalue weighted by atomic mass is 10.1. The maximum atomic E-state index is 9.81. The quantitative estimate of drug-likeness (QED) is 0.434. The summed E-state index contributed by atoms with van der Waals surface area (Å²) in [6.45, 7) is 9.18. The largest absolute Gasteiger partial charge is 0.387 e. The van der Waals surface area contributed by atoms with E-state index in [2.05, 4.69) is 21.9 Å². The van der Waals surface area contributed by atoms with Gasteiger partial charge in [-0.2, -0.15) is 0 Å². The normalized spacial score (nSPS) is 14.3. The molecule has 0 saturated heterocycles. The van der Waals surface area contributed by atoms with Crippen LogP contribution in [0, 0.1) is 5.41 Å². The molecule has 6 heteroatoms. The number of hydrogen-bond donors (Lipinski definition) is 4. The van der Waals surface area contributed by atoms with Gasteiger partial charge in [0.1, 0.15) is 5.84 Å². The lowest BCUT2D eigenvalue weighted by Crippen LogP contribution is -2.26. The number of rotatable bonds is 7. The van der Waals surface area contributed by atoms with Crippen molar-refractivity contribution in [1.29, 1.82) is 5.41 Å². The molecule has 0 amide bonds. The molecular formula is C22H27N5O. The molecule has 6 nitrogen and oxygen atoms in total. The highest BCUT2D eigenvalue weighted by Gasteiger charge is 2.09. The van der Waals surface area contributed by atoms with E-state index in [-0.39, 0.29) is 6.04 Å². The van der Waals surface area contributed by atoms with Crippen LogP contribution in [0.25, 0.3) is 11.3 Å². The molecule has 28 heavy (non-hydrogen) atoms. The molecule has 146 valence electrons. The third-order valence-corrected chi connectivity index (χ3v) is 4.19. The van der Waals surface area contributed by atoms with Gasteiger partial charge in [-0.25, -0.2) is 4.99 Å². The molecule has 5 N–H and O–H groups in total. The number of aliphatic imine (C=N–C) groups is 1. The van der Waals surface area contributed by atoms with Crippen LogP contribution in [0.1, 0.15) is 38.1 Å². The second-order valence-electron chi connectivity index (χ2n) is 6.40. The molecule has 0 fully saturated rings. The topological polar surface area (TPSA) is 107 Å². The zero-order chi connectivity index (χ0) is 20.7. The maximum Gasteiger partial charge on any atom is 0.130 e. The summed E-state index contributed by atoms with van der Waals surface area (Å²) in [5.41, 5.74) is 10.3. The number of pyridine rings is 1. The van der Waals surface area contributed by atoms with Crippen LogP contribution < -0.4 is 11.1 Å². The Balaban J connectivity index is 2.49. The predicted molar refractivity (Wildman–Crippen MR) is 116 cm³/mol. The van der Waals surface area contributed by atoms with Gasteiger partial charge in [-0.3, -0.25) is 4.98 Å². The number of amidine groups is 1. The molecular weight excluding hydrogens is 350 g/mol. The molecule has 0 aliphatic carbocycles. The second kappa shape index (κ2) is 9.73. The molecule has 0 saturated carbocycles. The molecule has 2 aromatic rings. The van der Waals surface area contributed by atoms with Crippen molar-refractivity contribution in [3.8, 4) is 11.3 Å². The first kappa shape index (κ1) is 21.2. The molecule has 0 radical (unpaired) electrons. The summed E-state index contributed by atoms with van der Waals surface area (Å²) in [5.74, 6) is 0.478. The zero-order valence-electron chi connectivity index (χ0n) is 16.5. The molecule has 2 atom stereocenters. The van der Waals surface area contributed by atoms with Gasteiger partial charge in [0.05, 0.1) is 23.2 Å². The van der Waals surface area contributed by atoms with Crippen molar-refractivity contribution in [2.24, 2.45) is 10.7 Å². The van der Waals surface area contributed by atoms with Gasteiger partial charge >= 0.3 is 0 Å². The number of nitrogens with zero attached hydrogens (tertiary/aromatic N) is 2. The fraction of sp³-hybridized carbons (Fsp3) is 0.227. The number of nitrogens with two attached hydrogens (primary N) is 1. The number of benzene rings is 1. The molecule has 1 unspecified atom stereocenters. The minimum atomic E-state index is -0.658. The van der Waals surface area contributed by atoms with Crippen LogP contribution in [0.15, 0.2) is 65.8 Å². The average Bonchev–Trinajstić information content (AvgIpc) is 2.70. The van der Waals surface area contributed by atoms with Gasteiger partial charge in [-0.15, -0.1) is 0 Å². The van der Waals surface area contributed by atoms with Crippen LogP contribution in [0.5, 0.6) is 0 Å². The summed E-state index contributed by atoms with van der Waals surface area (Å²) in [6.07, 6.45) is 3.94. The van der Waals surface area contributed by atoms with Gasteiger partial charge in [0.2, 0.25) is 0 Å². The molecule has 1 aromatic heterocycles. The highest BCUT2D eigenvalue weighted by atomic mass is 16.3. The van der Waals surface area contributed by atoms with E-state index in [1.807, 2.05) is 50.2 Å². The van der Waals surface area contributed by atoms with Crippen molar-refractivity contribution in [3.05, 3.63) is 72.1 Å². The summed E-state index contributed by atoms with van der Waals surface area (Å²) in [6, 6.07) is 11.2. The van der Waals surface area contributed by atoms with Gasteiger partial charge < -0.3 is 21.6 Å². The van der Waals surface area contributed by atoms with Crippen LogP contribution in [0.2, 0.25) is 0 Å². The fourth-order valence-corrected chi connectivity index (χ4v) is 2.61. The number of aliphatic hydroxyl groups excluding tert-OH is 1. The average molecular weight is 377 g/mol. The Morgan fingerprint density at radius 1 is 1.32 bits per heavy atom. The highest BCUT2D eigenvalue weighted by molar-refractivity contribution is 5.98. The minimum absolute atomic E-state index is 0.158. The monoisotopic (exact) mass is 377 g/mol. The lowest BCUT2D eigenvalue weighted by Gasteiger charge is -2.14. The van der Waals surface area contributed by atoms with E-state index in [1.165, 1.54) is 6.21 Å². The van der Waals surface area contributed by atoms with Crippen molar-refractivity contribution in [3.63, 3.8) is 0 Å². The number of hydrogen-bond acceptors (Lipinski definition) is 5. The Hall–Kier alpha value is -3.09. The number of nitrogens with one attached hydrogen (secondary N) is 2. The van der Waals surface area contributed by atoms with Crippen LogP contribution in [0.4, 0.5) is 5.69 Å². The minimum Gasteiger partial charge on any atom is -0.387 e. The molecule has 0 aliphatic rings. The zero-order valence-corrected chi connectivity index (χ0v) is 16.5. The smallest absolute Gasteiger partial charge is 0.130 e. The highest BCUT2D eigenvalue weighted by Crippen LogP contribution is 2.27. The SMILES string of the molecule is C=CC(=Nc1cc(-c2cccc([C@H](C)N)n2)ccc1C=N)N/C(=C\C)C(C)O. The Bertz CT molecular complexity index is 913. The van der Waals surface area contributed by atoms with Crippen molar-refractivity contribution in [1.82, 2.24) is 10.3 Å². The molecule has 0 aliphatic heterocycles. The summed E-state index contributed by atoms with van der Waals surface area (Å²) in [7, 11) is 0. The number of aromatic nitrogens is 1. The van der Waals surface area contributed by atoms with E-state index in [0.29, 0.717) is 22.8 Å². The van der Waals surface area contributed by atoms with E-state index < -0.39 is 6.10 Å². The third-order valence-electron chi connectivity index (χ3n) is 4.19. The van der Waals surface area contributed by atoms with Gasteiger partial charge in [-0.05, 0) is 45.0 Å². The van der Waals surface area contributed by atoms with Crippen LogP contribution >= 0.6 is 0 Å². The Labute approximate surface area is 166 Å². The first-order chi connectivity index (χ1) is 13.4. The van der Waals surface area contributed by atoms with Gasteiger partial charge in [0, 0.05) is 29.1 Å². The van der Waals surface area contributed by atoms with Crippen molar-refractivity contribution >= 4 is 17.7 Å². The van der Waals surface area contributed by atoms with E-state index in [1.54, 1.807) is 19.1 Å². The Morgan fingerprint density at radius 3 is 2.64 bits per heavy atom. The lowest BCUT2D eigenvalue weighted by molar-refractivity contribution is 0.226. The van der Waals surface area contributed by atoms with Crippen molar-refractivity contribution < 1.29 is 5.11 Å². The Kier molecular flexibility index (Phi) is 7.37. The summed E-state index contributed by atoms with van der Waals surface area (Å²) < 4.78 is 0. The molecule has 1 heterocycles. The van der Waals surface area contributed by atoms with Crippen LogP contribution in [-0.4, -0.2) is 28.2 Å². The standard InChI is InChI=1S/C22H27N5O/c1-5-18(15(4)28)26-22(6-2)27-21-12-16(10-11-17(21)13-23)20-9-7-8-19(25-20)14(3)24/h5-15,23,28H,2,24H2,1,3-4H3,(H,26,27)/b18-5-,23-13?/t14-,15?/m0/s1. The molecule has 0 bridgehead atoms. The van der Waals surface area contributed by atoms with E-state index in [0.717, 1.165) is 17.0 Å². The maximum absolute atomic E-state index is 9.81. The van der Waals surface area contributed by atoms with E-state index >= 15 is 0 Å². The first-order valence-electron chi connectivity index (χ1n) is 9.09. The van der Waals surface area contributed by atoms with Gasteiger partial charge in [-0.1, -0.05) is 30.9 Å². The molecule has 2 rings (SSSR count). The third kappa shape index (κ3) is 5.22. The van der Waals surface area contributed by atoms with Crippen molar-refractivity contribution in [2.75, 3.05) is 0 Å². The van der Waals surface area contributed by atoms with Crippen LogP contribution in [0.3, 0.4) is 0 Å². The molecule has 0 spiro atoms. The van der Waals surface area contributed by atoms with Crippen molar-refractivity contribution in [2.45, 2.75) is 32.9 Å². The van der Waals surface area contributed by atoms with Gasteiger partial charge in [0.15, 0.2) is 0 Å². The molecule has 1 aromatic carbocycles. The van der Waals surface area contributed by atoms with E-state index in [9.17, 15) is 5.11 Å². The van der Waals surface area contributed by atoms with E-state index in [4.69, 9.17) is 11.1 Å².